The molecule has 1 unspecified atom stereocenters. The number of rotatable bonds is 35. The van der Waals surface area contributed by atoms with Crippen molar-refractivity contribution in [2.45, 2.75) is 191 Å². The fourth-order valence-corrected chi connectivity index (χ4v) is 7.64. The lowest BCUT2D eigenvalue weighted by molar-refractivity contribution is -0.154. The molecule has 0 fully saturated rings. The van der Waals surface area contributed by atoms with Crippen molar-refractivity contribution in [3.63, 3.8) is 0 Å². The number of carbonyl (C=O) groups excluding carboxylic acids is 2. The zero-order valence-electron chi connectivity index (χ0n) is 37.1. The minimum absolute atomic E-state index is 0.0348. The molecule has 3 N–H and O–H groups in total. The maximum absolute atomic E-state index is 12.8. The van der Waals surface area contributed by atoms with E-state index in [2.05, 4.69) is 55.4 Å². The predicted octanol–water partition coefficient (Wildman–Crippen LogP) is 12.3. The van der Waals surface area contributed by atoms with Crippen LogP contribution in [0.5, 0.6) is 0 Å². The van der Waals surface area contributed by atoms with E-state index >= 15 is 0 Å². The number of esters is 2. The third-order valence-electron chi connectivity index (χ3n) is 10.5. The molecule has 0 aliphatic rings. The molecule has 55 heavy (non-hydrogen) atoms. The minimum atomic E-state index is -4.43. The Balaban J connectivity index is 4.83. The van der Waals surface area contributed by atoms with Gasteiger partial charge in [-0.2, -0.15) is 0 Å². The zero-order valence-corrected chi connectivity index (χ0v) is 38.0. The van der Waals surface area contributed by atoms with E-state index in [-0.39, 0.29) is 19.8 Å². The number of ether oxygens (including phenoxy) is 2. The number of hydrogen-bond donors (Lipinski definition) is 2. The van der Waals surface area contributed by atoms with E-state index in [0.29, 0.717) is 11.8 Å². The second-order valence-corrected chi connectivity index (χ2v) is 19.2. The molecule has 324 valence electrons. The first kappa shape index (κ1) is 53.5. The molecule has 0 aromatic carbocycles. The summed E-state index contributed by atoms with van der Waals surface area (Å²) in [6, 6.07) is 0. The molecule has 0 saturated heterocycles. The molecule has 0 aromatic rings. The number of carbonyl (C=O) groups is 2. The summed E-state index contributed by atoms with van der Waals surface area (Å²) in [5, 5.41) is 0. The van der Waals surface area contributed by atoms with Crippen LogP contribution < -0.4 is 5.73 Å². The Morgan fingerprint density at radius 1 is 0.582 bits per heavy atom. The summed E-state index contributed by atoms with van der Waals surface area (Å²) in [7, 11) is -4.43. The van der Waals surface area contributed by atoms with Crippen molar-refractivity contribution in [1.29, 1.82) is 0 Å². The molecule has 10 heteroatoms. The Hall–Kier alpha value is -1.51. The number of allylic oxidation sites excluding steroid dienone is 2. The maximum atomic E-state index is 12.8. The van der Waals surface area contributed by atoms with Gasteiger partial charge in [0.2, 0.25) is 0 Å². The molecule has 9 nitrogen and oxygen atoms in total. The average Bonchev–Trinajstić information content (AvgIpc) is 3.08. The molecule has 0 aromatic heterocycles. The lowest BCUT2D eigenvalue weighted by Crippen LogP contribution is -2.29. The van der Waals surface area contributed by atoms with E-state index in [1.54, 1.807) is 0 Å². The molecular formula is C45H86NO8P. The van der Waals surface area contributed by atoms with E-state index in [1.165, 1.54) is 89.2 Å². The lowest BCUT2D eigenvalue weighted by atomic mass is 9.91. The number of hydrogen-bond acceptors (Lipinski definition) is 8. The summed E-state index contributed by atoms with van der Waals surface area (Å²) >= 11 is 0. The second kappa shape index (κ2) is 32.4. The van der Waals surface area contributed by atoms with Crippen molar-refractivity contribution >= 4 is 19.8 Å². The first-order valence-electron chi connectivity index (χ1n) is 22.0. The van der Waals surface area contributed by atoms with Gasteiger partial charge < -0.3 is 20.1 Å². The van der Waals surface area contributed by atoms with Crippen LogP contribution in [0.4, 0.5) is 0 Å². The van der Waals surface area contributed by atoms with Gasteiger partial charge in [0.05, 0.1) is 13.2 Å². The first-order chi connectivity index (χ1) is 25.9. The van der Waals surface area contributed by atoms with Crippen LogP contribution in [-0.2, 0) is 32.7 Å². The topological polar surface area (TPSA) is 134 Å². The normalized spacial score (nSPS) is 16.5. The van der Waals surface area contributed by atoms with Crippen molar-refractivity contribution in [3.05, 3.63) is 23.3 Å². The molecule has 0 bridgehead atoms. The van der Waals surface area contributed by atoms with E-state index in [9.17, 15) is 19.0 Å². The Kier molecular flexibility index (Phi) is 31.6. The molecule has 0 amide bonds. The van der Waals surface area contributed by atoms with Crippen molar-refractivity contribution in [2.24, 2.45) is 41.2 Å². The fraction of sp³-hybridized carbons (Fsp3) is 0.867. The van der Waals surface area contributed by atoms with Crippen LogP contribution >= 0.6 is 7.82 Å². The van der Waals surface area contributed by atoms with E-state index in [0.717, 1.165) is 73.3 Å². The van der Waals surface area contributed by atoms with Crippen LogP contribution in [0.2, 0.25) is 0 Å². The molecule has 0 aliphatic heterocycles. The summed E-state index contributed by atoms with van der Waals surface area (Å²) < 4.78 is 33.0. The zero-order chi connectivity index (χ0) is 41.6. The molecule has 6 atom stereocenters. The largest absolute Gasteiger partial charge is 0.472 e. The maximum Gasteiger partial charge on any atom is 0.472 e. The number of phosphoric ester groups is 1. The summed E-state index contributed by atoms with van der Waals surface area (Å²) in [5.74, 6) is 3.22. The number of nitrogens with two attached hydrogens (primary N) is 1. The third kappa shape index (κ3) is 34.3. The average molecular weight is 800 g/mol. The van der Waals surface area contributed by atoms with Crippen LogP contribution in [0, 0.1) is 35.5 Å². The van der Waals surface area contributed by atoms with Crippen LogP contribution in [0.25, 0.3) is 0 Å². The van der Waals surface area contributed by atoms with Gasteiger partial charge in [0.1, 0.15) is 6.61 Å². The van der Waals surface area contributed by atoms with Crippen molar-refractivity contribution in [3.8, 4) is 0 Å². The van der Waals surface area contributed by atoms with Gasteiger partial charge in [0.15, 0.2) is 6.10 Å². The Labute approximate surface area is 338 Å². The van der Waals surface area contributed by atoms with Gasteiger partial charge in [-0.15, -0.1) is 0 Å². The highest BCUT2D eigenvalue weighted by Crippen LogP contribution is 2.43. The van der Waals surface area contributed by atoms with E-state index < -0.39 is 32.5 Å². The molecule has 0 aliphatic carbocycles. The van der Waals surface area contributed by atoms with Crippen LogP contribution in [0.3, 0.4) is 0 Å². The van der Waals surface area contributed by atoms with Gasteiger partial charge in [-0.25, -0.2) is 14.2 Å². The quantitative estimate of drug-likeness (QED) is 0.0365. The molecule has 0 spiro atoms. The van der Waals surface area contributed by atoms with Crippen LogP contribution in [0.15, 0.2) is 23.3 Å². The Morgan fingerprint density at radius 2 is 0.964 bits per heavy atom. The molecule has 0 heterocycles. The SMILES string of the molecule is C/C(=C\C(=O)OC[C@H](COP(=O)(O)OCCN)OC(=O)/C=C(\C)CCC[C@H](C)CCC[C@H](C)CCCC(C)C)CCC[C@H](C)CCC[C@H](C)CCCC(C)C. The van der Waals surface area contributed by atoms with Gasteiger partial charge in [-0.1, -0.05) is 156 Å². The fourth-order valence-electron chi connectivity index (χ4n) is 6.88. The molecule has 0 saturated carbocycles. The smallest absolute Gasteiger partial charge is 0.458 e. The highest BCUT2D eigenvalue weighted by Gasteiger charge is 2.25. The van der Waals surface area contributed by atoms with E-state index in [4.69, 9.17) is 24.3 Å². The Bertz CT molecular complexity index is 1110. The first-order valence-corrected chi connectivity index (χ1v) is 23.4. The highest BCUT2D eigenvalue weighted by atomic mass is 31.2. The molecule has 0 rings (SSSR count). The summed E-state index contributed by atoms with van der Waals surface area (Å²) in [4.78, 5) is 35.5. The standard InChI is InChI=1S/C45H86NO8P/c1-35(2)17-11-19-37(5)21-13-23-39(7)25-15-27-41(9)31-44(47)51-33-43(34-53-55(49,50)52-30-29-46)54-45(48)32-42(10)28-16-26-40(8)24-14-22-38(6)20-12-18-36(3)4/h31-32,35-40,43H,11-30,33-34,46H2,1-10H3,(H,49,50)/b41-31+,42-32+/t37-,38-,39-,40-,43-/m1/s1. The van der Waals surface area contributed by atoms with E-state index in [1.807, 2.05) is 13.8 Å². The molecule has 0 radical (unpaired) electrons. The Morgan fingerprint density at radius 3 is 1.36 bits per heavy atom. The molecular weight excluding hydrogens is 713 g/mol. The minimum Gasteiger partial charge on any atom is -0.458 e. The summed E-state index contributed by atoms with van der Waals surface area (Å²) in [5.41, 5.74) is 7.17. The monoisotopic (exact) mass is 800 g/mol. The van der Waals surface area contributed by atoms with Gasteiger partial charge in [-0.3, -0.25) is 9.05 Å². The summed E-state index contributed by atoms with van der Waals surface area (Å²) in [6.07, 6.45) is 23.0. The lowest BCUT2D eigenvalue weighted by Gasteiger charge is -2.19. The predicted molar refractivity (Wildman–Crippen MR) is 229 cm³/mol. The number of phosphoric acid groups is 1. The van der Waals surface area contributed by atoms with Gasteiger partial charge in [0, 0.05) is 18.7 Å². The van der Waals surface area contributed by atoms with Gasteiger partial charge >= 0.3 is 19.8 Å². The van der Waals surface area contributed by atoms with Gasteiger partial charge in [-0.05, 0) is 75.0 Å². The summed E-state index contributed by atoms with van der Waals surface area (Å²) in [6.45, 7) is 21.4. The van der Waals surface area contributed by atoms with Gasteiger partial charge in [0.25, 0.3) is 0 Å². The van der Waals surface area contributed by atoms with Crippen LogP contribution in [-0.4, -0.2) is 49.3 Å². The van der Waals surface area contributed by atoms with Crippen LogP contribution in [0.1, 0.15) is 185 Å². The van der Waals surface area contributed by atoms with Crippen molar-refractivity contribution < 1.29 is 37.6 Å². The van der Waals surface area contributed by atoms with Crippen molar-refractivity contribution in [2.75, 3.05) is 26.4 Å². The third-order valence-corrected chi connectivity index (χ3v) is 11.5. The second-order valence-electron chi connectivity index (χ2n) is 17.8. The van der Waals surface area contributed by atoms with Crippen molar-refractivity contribution in [1.82, 2.24) is 0 Å². The highest BCUT2D eigenvalue weighted by molar-refractivity contribution is 7.47.